The van der Waals surface area contributed by atoms with Crippen LogP contribution in [-0.2, 0) is 21.1 Å². The molecule has 1 aliphatic rings. The average molecular weight is 431 g/mol. The minimum Gasteiger partial charge on any atom is -0.384 e. The van der Waals surface area contributed by atoms with Crippen molar-refractivity contribution in [3.05, 3.63) is 63.4 Å². The molecule has 0 amide bonds. The first-order chi connectivity index (χ1) is 13.1. The van der Waals surface area contributed by atoms with Crippen LogP contribution in [0.15, 0.2) is 52.2 Å². The van der Waals surface area contributed by atoms with Gasteiger partial charge in [-0.1, -0.05) is 18.2 Å². The molecular weight excluding hydrogens is 414 g/mol. The summed E-state index contributed by atoms with van der Waals surface area (Å²) in [5.74, 6) is -2.45. The Bertz CT molecular complexity index is 983. The molecule has 0 saturated carbocycles. The lowest BCUT2D eigenvalue weighted by atomic mass is 9.95. The van der Waals surface area contributed by atoms with Crippen molar-refractivity contribution in [1.29, 1.82) is 0 Å². The van der Waals surface area contributed by atoms with Crippen molar-refractivity contribution in [3.8, 4) is 5.75 Å². The van der Waals surface area contributed by atoms with Crippen molar-refractivity contribution in [1.82, 2.24) is 9.55 Å². The maximum Gasteiger partial charge on any atom is 0.574 e. The number of alkyl halides is 1. The maximum absolute atomic E-state index is 15.2. The molecule has 9 nitrogen and oxygen atoms in total. The van der Waals surface area contributed by atoms with Crippen molar-refractivity contribution in [3.63, 3.8) is 0 Å². The van der Waals surface area contributed by atoms with E-state index < -0.39 is 48.8 Å². The third-order valence-corrected chi connectivity index (χ3v) is 5.40. The zero-order chi connectivity index (χ0) is 20.5. The molecule has 3 rings (SSSR count). The third-order valence-electron chi connectivity index (χ3n) is 4.16. The fourth-order valence-electron chi connectivity index (χ4n) is 2.74. The number of benzene rings is 1. The molecule has 1 aromatic heterocycles. The number of aromatic amines is 1. The number of rotatable bonds is 6. The number of aliphatic hydroxyl groups is 2. The number of para-hydroxylation sites is 1. The molecule has 5 atom stereocenters. The molecule has 0 bridgehead atoms. The van der Waals surface area contributed by atoms with Gasteiger partial charge >= 0.3 is 12.8 Å². The van der Waals surface area contributed by atoms with E-state index in [-0.39, 0.29) is 0 Å². The first-order valence-electron chi connectivity index (χ1n) is 8.05. The van der Waals surface area contributed by atoms with Crippen LogP contribution >= 0.6 is 7.15 Å². The molecule has 150 valence electrons. The SMILES string of the molecule is C[C@]1(O)[C@H](n2ccc(=O)[nH]c2=O)O[C@](F)(CO[P+](=S)Oc2ccccc2)[C@H]1O. The smallest absolute Gasteiger partial charge is 0.384 e. The highest BCUT2D eigenvalue weighted by molar-refractivity contribution is 8.00. The number of hydrogen-bond donors (Lipinski definition) is 3. The van der Waals surface area contributed by atoms with Crippen LogP contribution in [0.1, 0.15) is 13.2 Å². The molecule has 0 radical (unpaired) electrons. The minimum absolute atomic E-state index is 0.425. The van der Waals surface area contributed by atoms with Crippen LogP contribution in [-0.4, -0.2) is 43.9 Å². The Morgan fingerprint density at radius 1 is 1.36 bits per heavy atom. The van der Waals surface area contributed by atoms with Crippen molar-refractivity contribution >= 4 is 19.0 Å². The Balaban J connectivity index is 1.75. The Morgan fingerprint density at radius 2 is 2.04 bits per heavy atom. The molecule has 1 aromatic carbocycles. The summed E-state index contributed by atoms with van der Waals surface area (Å²) in [6.07, 6.45) is -2.66. The van der Waals surface area contributed by atoms with Gasteiger partial charge in [0.2, 0.25) is 11.8 Å². The topological polar surface area (TPSA) is 123 Å². The summed E-state index contributed by atoms with van der Waals surface area (Å²) in [5, 5.41) is 20.8. The maximum atomic E-state index is 15.2. The van der Waals surface area contributed by atoms with Gasteiger partial charge in [0.05, 0.1) is 0 Å². The molecule has 28 heavy (non-hydrogen) atoms. The van der Waals surface area contributed by atoms with Crippen LogP contribution in [0, 0.1) is 0 Å². The summed E-state index contributed by atoms with van der Waals surface area (Å²) >= 11 is 5.02. The molecule has 3 N–H and O–H groups in total. The van der Waals surface area contributed by atoms with Crippen LogP contribution in [0.5, 0.6) is 5.75 Å². The van der Waals surface area contributed by atoms with Gasteiger partial charge in [-0.05, 0) is 19.1 Å². The van der Waals surface area contributed by atoms with E-state index in [9.17, 15) is 19.8 Å². The van der Waals surface area contributed by atoms with E-state index in [0.717, 1.165) is 23.8 Å². The fraction of sp³-hybridized carbons (Fsp3) is 0.375. The van der Waals surface area contributed by atoms with E-state index in [1.54, 1.807) is 30.3 Å². The first-order valence-corrected chi connectivity index (χ1v) is 10.2. The molecule has 1 unspecified atom stereocenters. The van der Waals surface area contributed by atoms with Crippen LogP contribution in [0.2, 0.25) is 0 Å². The number of nitrogens with zero attached hydrogens (tertiary/aromatic N) is 1. The van der Waals surface area contributed by atoms with E-state index in [1.165, 1.54) is 0 Å². The molecule has 12 heteroatoms. The summed E-state index contributed by atoms with van der Waals surface area (Å²) in [6, 6.07) is 9.49. The van der Waals surface area contributed by atoms with E-state index in [0.29, 0.717) is 5.75 Å². The van der Waals surface area contributed by atoms with Crippen molar-refractivity contribution < 1.29 is 28.4 Å². The molecule has 2 aromatic rings. The zero-order valence-electron chi connectivity index (χ0n) is 14.5. The third kappa shape index (κ3) is 4.04. The number of aromatic nitrogens is 2. The van der Waals surface area contributed by atoms with Crippen LogP contribution in [0.4, 0.5) is 4.39 Å². The monoisotopic (exact) mass is 431 g/mol. The summed E-state index contributed by atoms with van der Waals surface area (Å²) in [4.78, 5) is 25.1. The average Bonchev–Trinajstić information content (AvgIpc) is 2.82. The van der Waals surface area contributed by atoms with Gasteiger partial charge in [-0.3, -0.25) is 18.9 Å². The lowest BCUT2D eigenvalue weighted by Gasteiger charge is -2.27. The van der Waals surface area contributed by atoms with Gasteiger partial charge < -0.3 is 14.9 Å². The van der Waals surface area contributed by atoms with Gasteiger partial charge in [0, 0.05) is 12.3 Å². The number of nitrogens with one attached hydrogen (secondary N) is 1. The fourth-order valence-corrected chi connectivity index (χ4v) is 3.78. The highest BCUT2D eigenvalue weighted by Crippen LogP contribution is 2.46. The van der Waals surface area contributed by atoms with Gasteiger partial charge in [0.25, 0.3) is 11.4 Å². The molecule has 1 fully saturated rings. The zero-order valence-corrected chi connectivity index (χ0v) is 16.2. The van der Waals surface area contributed by atoms with Crippen molar-refractivity contribution in [2.24, 2.45) is 0 Å². The Morgan fingerprint density at radius 3 is 2.68 bits per heavy atom. The lowest BCUT2D eigenvalue weighted by Crippen LogP contribution is -2.49. The highest BCUT2D eigenvalue weighted by Gasteiger charge is 2.64. The predicted molar refractivity (Wildman–Crippen MR) is 99.2 cm³/mol. The van der Waals surface area contributed by atoms with Gasteiger partial charge in [0.15, 0.2) is 18.6 Å². The van der Waals surface area contributed by atoms with Crippen LogP contribution in [0.25, 0.3) is 0 Å². The number of hydrogen-bond acceptors (Lipinski definition) is 8. The van der Waals surface area contributed by atoms with Crippen molar-refractivity contribution in [2.45, 2.75) is 30.7 Å². The normalized spacial score (nSPS) is 30.2. The summed E-state index contributed by atoms with van der Waals surface area (Å²) in [7, 11) is -1.98. The standard InChI is InChI=1S/C16H16FN2O7PS/c1-15(23)12(21)16(17,9-24-27(28)26-10-5-3-2-4-6-10)25-13(15)19-8-7-11(20)18-14(19)22/h2-8,12-13,21,23H,9H2,1H3/p+1/t12-,13+,15+,16+/m0/s1. The van der Waals surface area contributed by atoms with Gasteiger partial charge in [0.1, 0.15) is 11.7 Å². The molecule has 2 heterocycles. The van der Waals surface area contributed by atoms with E-state index in [2.05, 4.69) is 0 Å². The molecule has 1 saturated heterocycles. The second kappa shape index (κ2) is 7.78. The van der Waals surface area contributed by atoms with Gasteiger partial charge in [-0.2, -0.15) is 0 Å². The Kier molecular flexibility index (Phi) is 5.76. The van der Waals surface area contributed by atoms with Gasteiger partial charge in [-0.15, -0.1) is 4.52 Å². The van der Waals surface area contributed by atoms with Crippen LogP contribution < -0.4 is 15.8 Å². The largest absolute Gasteiger partial charge is 0.574 e. The van der Waals surface area contributed by atoms with E-state index >= 15 is 4.39 Å². The Labute approximate surface area is 163 Å². The van der Waals surface area contributed by atoms with Gasteiger partial charge in [-0.25, -0.2) is 9.18 Å². The number of halogens is 1. The lowest BCUT2D eigenvalue weighted by molar-refractivity contribution is -0.202. The second-order valence-corrected chi connectivity index (χ2v) is 8.09. The predicted octanol–water partition coefficient (Wildman–Crippen LogP) is 0.712. The quantitative estimate of drug-likeness (QED) is 0.572. The number of ether oxygens (including phenoxy) is 1. The number of aliphatic hydroxyl groups excluding tert-OH is 1. The molecule has 1 aliphatic heterocycles. The highest BCUT2D eigenvalue weighted by atomic mass is 32.4. The summed E-state index contributed by atoms with van der Waals surface area (Å²) < 4.78 is 31.6. The van der Waals surface area contributed by atoms with Crippen molar-refractivity contribution in [2.75, 3.05) is 6.61 Å². The molecular formula is C16H17FN2O7PS+. The summed E-state index contributed by atoms with van der Waals surface area (Å²) in [5.41, 5.74) is -3.82. The van der Waals surface area contributed by atoms with Crippen LogP contribution in [0.3, 0.4) is 0 Å². The molecule has 0 spiro atoms. The second-order valence-electron chi connectivity index (χ2n) is 6.30. The Hall–Kier alpha value is -2.01. The molecule has 0 aliphatic carbocycles. The minimum atomic E-state index is -2.87. The summed E-state index contributed by atoms with van der Waals surface area (Å²) in [6.45, 7) is 0.249. The number of H-pyrrole nitrogens is 1. The first kappa shape index (κ1) is 20.7. The van der Waals surface area contributed by atoms with E-state index in [4.69, 9.17) is 25.6 Å². The van der Waals surface area contributed by atoms with E-state index in [1.807, 2.05) is 4.98 Å².